The molecular formula is C14H26N6. The van der Waals surface area contributed by atoms with Crippen molar-refractivity contribution >= 4 is 17.3 Å². The van der Waals surface area contributed by atoms with Crippen LogP contribution in [0.2, 0.25) is 0 Å². The summed E-state index contributed by atoms with van der Waals surface area (Å²) in [4.78, 5) is 13.3. The van der Waals surface area contributed by atoms with E-state index in [4.69, 9.17) is 5.73 Å². The summed E-state index contributed by atoms with van der Waals surface area (Å²) >= 11 is 0. The first kappa shape index (κ1) is 14.8. The van der Waals surface area contributed by atoms with Gasteiger partial charge in [-0.1, -0.05) is 20.3 Å². The van der Waals surface area contributed by atoms with Gasteiger partial charge in [0.15, 0.2) is 11.6 Å². The van der Waals surface area contributed by atoms with Gasteiger partial charge in [-0.3, -0.25) is 0 Å². The summed E-state index contributed by atoms with van der Waals surface area (Å²) in [5.41, 5.74) is 6.90. The third kappa shape index (κ3) is 3.50. The van der Waals surface area contributed by atoms with Gasteiger partial charge >= 0.3 is 0 Å². The zero-order chi connectivity index (χ0) is 14.4. The number of hydrogen-bond acceptors (Lipinski definition) is 6. The van der Waals surface area contributed by atoms with Crippen LogP contribution in [0.5, 0.6) is 0 Å². The van der Waals surface area contributed by atoms with Crippen LogP contribution in [-0.4, -0.2) is 54.1 Å². The second kappa shape index (κ2) is 7.28. The Balaban J connectivity index is 2.03. The number of likely N-dealkylation sites (N-methyl/N-ethyl adjacent to an activating group) is 1. The standard InChI is InChI=1S/C14H26N6/c1-3-5-6-16-13-12(15)14(18-11-17-13)20-9-7-19(4-2)8-10-20/h11H,3-10,15H2,1-2H3,(H,16,17,18). The highest BCUT2D eigenvalue weighted by molar-refractivity contribution is 5.74. The van der Waals surface area contributed by atoms with Gasteiger partial charge < -0.3 is 20.9 Å². The van der Waals surface area contributed by atoms with E-state index in [0.717, 1.165) is 63.7 Å². The lowest BCUT2D eigenvalue weighted by atomic mass is 10.3. The summed E-state index contributed by atoms with van der Waals surface area (Å²) in [6, 6.07) is 0. The molecule has 0 atom stereocenters. The van der Waals surface area contributed by atoms with E-state index in [9.17, 15) is 0 Å². The van der Waals surface area contributed by atoms with Crippen molar-refractivity contribution in [1.82, 2.24) is 14.9 Å². The molecular weight excluding hydrogens is 252 g/mol. The van der Waals surface area contributed by atoms with Crippen LogP contribution >= 0.6 is 0 Å². The molecule has 0 aromatic carbocycles. The van der Waals surface area contributed by atoms with Gasteiger partial charge in [0, 0.05) is 32.7 Å². The van der Waals surface area contributed by atoms with E-state index in [2.05, 4.69) is 38.9 Å². The fourth-order valence-corrected chi connectivity index (χ4v) is 2.44. The van der Waals surface area contributed by atoms with Crippen molar-refractivity contribution in [3.63, 3.8) is 0 Å². The Morgan fingerprint density at radius 3 is 2.60 bits per heavy atom. The average molecular weight is 278 g/mol. The van der Waals surface area contributed by atoms with Crippen molar-refractivity contribution < 1.29 is 0 Å². The number of piperazine rings is 1. The van der Waals surface area contributed by atoms with Crippen molar-refractivity contribution in [2.45, 2.75) is 26.7 Å². The third-order valence-electron chi connectivity index (χ3n) is 3.80. The lowest BCUT2D eigenvalue weighted by Gasteiger charge is -2.35. The monoisotopic (exact) mass is 278 g/mol. The first-order valence-corrected chi connectivity index (χ1v) is 7.57. The molecule has 1 aromatic rings. The molecule has 3 N–H and O–H groups in total. The van der Waals surface area contributed by atoms with Crippen LogP contribution in [0.4, 0.5) is 17.3 Å². The molecule has 1 fully saturated rings. The summed E-state index contributed by atoms with van der Waals surface area (Å²) in [6.45, 7) is 10.5. The first-order valence-electron chi connectivity index (χ1n) is 7.57. The van der Waals surface area contributed by atoms with Crippen LogP contribution in [0, 0.1) is 0 Å². The SMILES string of the molecule is CCCCNc1ncnc(N2CCN(CC)CC2)c1N. The summed E-state index contributed by atoms with van der Waals surface area (Å²) in [5.74, 6) is 1.64. The smallest absolute Gasteiger partial charge is 0.157 e. The van der Waals surface area contributed by atoms with Crippen molar-refractivity contribution in [1.29, 1.82) is 0 Å². The minimum Gasteiger partial charge on any atom is -0.393 e. The number of nitrogens with one attached hydrogen (secondary N) is 1. The van der Waals surface area contributed by atoms with Gasteiger partial charge in [-0.25, -0.2) is 9.97 Å². The molecule has 1 saturated heterocycles. The predicted molar refractivity (Wildman–Crippen MR) is 84.2 cm³/mol. The highest BCUT2D eigenvalue weighted by Gasteiger charge is 2.20. The average Bonchev–Trinajstić information content (AvgIpc) is 2.49. The maximum Gasteiger partial charge on any atom is 0.157 e. The van der Waals surface area contributed by atoms with Gasteiger partial charge in [0.05, 0.1) is 0 Å². The van der Waals surface area contributed by atoms with E-state index in [1.54, 1.807) is 6.33 Å². The summed E-state index contributed by atoms with van der Waals surface area (Å²) in [6.07, 6.45) is 3.88. The van der Waals surface area contributed by atoms with Crippen LogP contribution in [0.25, 0.3) is 0 Å². The van der Waals surface area contributed by atoms with Crippen molar-refractivity contribution in [3.8, 4) is 0 Å². The summed E-state index contributed by atoms with van der Waals surface area (Å²) in [7, 11) is 0. The Labute approximate surface area is 121 Å². The molecule has 0 amide bonds. The zero-order valence-corrected chi connectivity index (χ0v) is 12.6. The number of unbranched alkanes of at least 4 members (excludes halogenated alkanes) is 1. The summed E-state index contributed by atoms with van der Waals surface area (Å²) in [5, 5.41) is 3.30. The Hall–Kier alpha value is -1.56. The highest BCUT2D eigenvalue weighted by atomic mass is 15.3. The number of rotatable bonds is 6. The lowest BCUT2D eigenvalue weighted by molar-refractivity contribution is 0.270. The molecule has 20 heavy (non-hydrogen) atoms. The maximum atomic E-state index is 6.22. The molecule has 1 aliphatic heterocycles. The van der Waals surface area contributed by atoms with Gasteiger partial charge in [0.2, 0.25) is 0 Å². The van der Waals surface area contributed by atoms with Crippen molar-refractivity contribution in [2.24, 2.45) is 0 Å². The molecule has 1 aliphatic rings. The minimum atomic E-state index is 0.675. The van der Waals surface area contributed by atoms with E-state index in [0.29, 0.717) is 5.69 Å². The molecule has 1 aromatic heterocycles. The van der Waals surface area contributed by atoms with Crippen LogP contribution in [0.1, 0.15) is 26.7 Å². The second-order valence-corrected chi connectivity index (χ2v) is 5.16. The van der Waals surface area contributed by atoms with Crippen molar-refractivity contribution in [3.05, 3.63) is 6.33 Å². The zero-order valence-electron chi connectivity index (χ0n) is 12.6. The van der Waals surface area contributed by atoms with Crippen LogP contribution in [0.3, 0.4) is 0 Å². The predicted octanol–water partition coefficient (Wildman–Crippen LogP) is 1.41. The molecule has 2 rings (SSSR count). The second-order valence-electron chi connectivity index (χ2n) is 5.16. The van der Waals surface area contributed by atoms with E-state index < -0.39 is 0 Å². The topological polar surface area (TPSA) is 70.3 Å². The molecule has 6 nitrogen and oxygen atoms in total. The number of aromatic nitrogens is 2. The molecule has 112 valence electrons. The van der Waals surface area contributed by atoms with E-state index in [1.165, 1.54) is 0 Å². The molecule has 0 saturated carbocycles. The quantitative estimate of drug-likeness (QED) is 0.767. The number of nitrogens with two attached hydrogens (primary N) is 1. The van der Waals surface area contributed by atoms with E-state index in [1.807, 2.05) is 0 Å². The van der Waals surface area contributed by atoms with Gasteiger partial charge in [-0.15, -0.1) is 0 Å². The maximum absolute atomic E-state index is 6.22. The van der Waals surface area contributed by atoms with Gasteiger partial charge in [0.25, 0.3) is 0 Å². The molecule has 0 radical (unpaired) electrons. The van der Waals surface area contributed by atoms with Gasteiger partial charge in [0.1, 0.15) is 12.0 Å². The molecule has 0 unspecified atom stereocenters. The minimum absolute atomic E-state index is 0.675. The molecule has 6 heteroatoms. The molecule has 0 bridgehead atoms. The van der Waals surface area contributed by atoms with E-state index >= 15 is 0 Å². The van der Waals surface area contributed by atoms with Crippen LogP contribution < -0.4 is 16.0 Å². The molecule has 0 spiro atoms. The Morgan fingerprint density at radius 2 is 1.95 bits per heavy atom. The number of anilines is 3. The molecule has 2 heterocycles. The third-order valence-corrected chi connectivity index (χ3v) is 3.80. The van der Waals surface area contributed by atoms with Gasteiger partial charge in [-0.2, -0.15) is 0 Å². The van der Waals surface area contributed by atoms with Crippen molar-refractivity contribution in [2.75, 3.05) is 55.2 Å². The largest absolute Gasteiger partial charge is 0.393 e. The van der Waals surface area contributed by atoms with Crippen LogP contribution in [-0.2, 0) is 0 Å². The highest BCUT2D eigenvalue weighted by Crippen LogP contribution is 2.26. The Kier molecular flexibility index (Phi) is 5.40. The van der Waals surface area contributed by atoms with Crippen LogP contribution in [0.15, 0.2) is 6.33 Å². The Morgan fingerprint density at radius 1 is 1.20 bits per heavy atom. The van der Waals surface area contributed by atoms with Gasteiger partial charge in [-0.05, 0) is 13.0 Å². The Bertz CT molecular complexity index is 414. The normalized spacial score (nSPS) is 16.4. The van der Waals surface area contributed by atoms with E-state index in [-0.39, 0.29) is 0 Å². The number of nitrogens with zero attached hydrogens (tertiary/aromatic N) is 4. The number of hydrogen-bond donors (Lipinski definition) is 2. The first-order chi connectivity index (χ1) is 9.76. The molecule has 0 aliphatic carbocycles. The fraction of sp³-hybridized carbons (Fsp3) is 0.714. The number of nitrogen functional groups attached to an aromatic ring is 1. The fourth-order valence-electron chi connectivity index (χ4n) is 2.44. The lowest BCUT2D eigenvalue weighted by Crippen LogP contribution is -2.46. The summed E-state index contributed by atoms with van der Waals surface area (Å²) < 4.78 is 0.